The molecule has 6 rings (SSSR count). The first kappa shape index (κ1) is 21.9. The van der Waals surface area contributed by atoms with Crippen molar-refractivity contribution < 1.29 is 14.2 Å². The molecular formula is C28H22FN3O4. The summed E-state index contributed by atoms with van der Waals surface area (Å²) in [4.78, 5) is 30.9. The molecule has 0 atom stereocenters. The van der Waals surface area contributed by atoms with Gasteiger partial charge in [-0.2, -0.15) is 0 Å². The van der Waals surface area contributed by atoms with E-state index in [0.717, 1.165) is 5.39 Å². The minimum Gasteiger partial charge on any atom is -0.506 e. The van der Waals surface area contributed by atoms with E-state index in [-0.39, 0.29) is 29.1 Å². The summed E-state index contributed by atoms with van der Waals surface area (Å²) in [6, 6.07) is 13.6. The second-order valence-corrected chi connectivity index (χ2v) is 8.89. The van der Waals surface area contributed by atoms with Gasteiger partial charge >= 0.3 is 0 Å². The number of ether oxygens (including phenoxy) is 1. The molecule has 1 aliphatic heterocycles. The van der Waals surface area contributed by atoms with Crippen LogP contribution in [0.15, 0.2) is 70.9 Å². The van der Waals surface area contributed by atoms with Crippen molar-refractivity contribution in [3.63, 3.8) is 0 Å². The summed E-state index contributed by atoms with van der Waals surface area (Å²) in [5.74, 6) is -0.342. The molecule has 2 aromatic carbocycles. The Morgan fingerprint density at radius 2 is 2.00 bits per heavy atom. The largest absolute Gasteiger partial charge is 0.506 e. The molecule has 36 heavy (non-hydrogen) atoms. The van der Waals surface area contributed by atoms with Gasteiger partial charge in [-0.1, -0.05) is 24.8 Å². The average Bonchev–Trinajstić information content (AvgIpc) is 3.18. The number of para-hydroxylation sites is 1. The van der Waals surface area contributed by atoms with E-state index in [1.807, 2.05) is 18.2 Å². The van der Waals surface area contributed by atoms with Gasteiger partial charge in [0.1, 0.15) is 17.3 Å². The van der Waals surface area contributed by atoms with E-state index in [9.17, 15) is 14.7 Å². The zero-order valence-electron chi connectivity index (χ0n) is 19.2. The van der Waals surface area contributed by atoms with Gasteiger partial charge in [0, 0.05) is 46.4 Å². The quantitative estimate of drug-likeness (QED) is 0.317. The number of rotatable bonds is 4. The number of pyridine rings is 2. The van der Waals surface area contributed by atoms with E-state index in [0.29, 0.717) is 63.9 Å². The van der Waals surface area contributed by atoms with Crippen molar-refractivity contribution in [2.45, 2.75) is 19.4 Å². The van der Waals surface area contributed by atoms with Crippen molar-refractivity contribution in [3.8, 4) is 16.9 Å². The Hall–Kier alpha value is -4.59. The third-order valence-electron chi connectivity index (χ3n) is 6.70. The zero-order chi connectivity index (χ0) is 25.0. The van der Waals surface area contributed by atoms with Crippen LogP contribution in [-0.2, 0) is 13.0 Å². The molecule has 0 bridgehead atoms. The van der Waals surface area contributed by atoms with Crippen molar-refractivity contribution in [2.24, 2.45) is 0 Å². The minimum absolute atomic E-state index is 0.124. The monoisotopic (exact) mass is 483 g/mol. The van der Waals surface area contributed by atoms with Crippen molar-refractivity contribution in [3.05, 3.63) is 105 Å². The topological polar surface area (TPSA) is 100 Å². The van der Waals surface area contributed by atoms with E-state index in [2.05, 4.69) is 16.5 Å². The molecule has 0 saturated heterocycles. The Kier molecular flexibility index (Phi) is 5.03. The highest BCUT2D eigenvalue weighted by Crippen LogP contribution is 2.45. The maximum Gasteiger partial charge on any atom is 0.255 e. The number of aliphatic hydroxyl groups excluding tert-OH is 1. The standard InChI is InChI=1S/C28H22FN3O4/c1-15(33)26-24(19-7-4-10-30-28(19)35)25-22(13-20(29)18-8-5-11-36-27(18)25)32(26)14-16-12-23(34)31-21-9-3-2-6-17(16)21/h2-4,6-7,9-10,12-13,33H,1,5,8,11,14H2,(H,30,35)(H,31,34). The first-order valence-electron chi connectivity index (χ1n) is 11.6. The number of aromatic nitrogens is 3. The van der Waals surface area contributed by atoms with Crippen LogP contribution < -0.4 is 15.9 Å². The molecule has 0 unspecified atom stereocenters. The van der Waals surface area contributed by atoms with Crippen LogP contribution in [0.4, 0.5) is 4.39 Å². The Balaban J connectivity index is 1.75. The van der Waals surface area contributed by atoms with Gasteiger partial charge in [0.05, 0.1) is 23.2 Å². The lowest BCUT2D eigenvalue weighted by Crippen LogP contribution is -2.12. The van der Waals surface area contributed by atoms with Crippen molar-refractivity contribution in [1.82, 2.24) is 14.5 Å². The molecule has 3 N–H and O–H groups in total. The summed E-state index contributed by atoms with van der Waals surface area (Å²) in [6.45, 7) is 4.31. The summed E-state index contributed by atoms with van der Waals surface area (Å²) < 4.78 is 23.0. The molecule has 0 aliphatic carbocycles. The first-order chi connectivity index (χ1) is 17.4. The minimum atomic E-state index is -0.421. The molecule has 4 heterocycles. The van der Waals surface area contributed by atoms with Crippen molar-refractivity contribution in [1.29, 1.82) is 0 Å². The van der Waals surface area contributed by atoms with Crippen LogP contribution in [0.5, 0.6) is 5.75 Å². The molecule has 0 fully saturated rings. The Morgan fingerprint density at radius 3 is 2.81 bits per heavy atom. The van der Waals surface area contributed by atoms with Crippen LogP contribution in [0.1, 0.15) is 23.2 Å². The number of hydrogen-bond acceptors (Lipinski definition) is 4. The van der Waals surface area contributed by atoms with Crippen LogP contribution in [0.25, 0.3) is 38.7 Å². The molecular weight excluding hydrogens is 461 g/mol. The smallest absolute Gasteiger partial charge is 0.255 e. The lowest BCUT2D eigenvalue weighted by atomic mass is 9.97. The number of nitrogens with zero attached hydrogens (tertiary/aromatic N) is 1. The highest BCUT2D eigenvalue weighted by atomic mass is 19.1. The summed E-state index contributed by atoms with van der Waals surface area (Å²) >= 11 is 0. The molecule has 180 valence electrons. The number of hydrogen-bond donors (Lipinski definition) is 3. The Labute approximate surface area is 204 Å². The predicted octanol–water partition coefficient (Wildman–Crippen LogP) is 4.88. The molecule has 7 nitrogen and oxygen atoms in total. The first-order valence-corrected chi connectivity index (χ1v) is 11.6. The van der Waals surface area contributed by atoms with Gasteiger partial charge in [-0.25, -0.2) is 4.39 Å². The van der Waals surface area contributed by atoms with Gasteiger partial charge in [0.25, 0.3) is 5.56 Å². The number of benzene rings is 2. The lowest BCUT2D eigenvalue weighted by Gasteiger charge is -2.20. The molecule has 5 aromatic rings. The van der Waals surface area contributed by atoms with Crippen LogP contribution in [0.2, 0.25) is 0 Å². The molecule has 0 radical (unpaired) electrons. The summed E-state index contributed by atoms with van der Waals surface area (Å²) in [7, 11) is 0. The predicted molar refractivity (Wildman–Crippen MR) is 137 cm³/mol. The highest BCUT2D eigenvalue weighted by Gasteiger charge is 2.29. The van der Waals surface area contributed by atoms with Gasteiger partial charge in [-0.15, -0.1) is 0 Å². The lowest BCUT2D eigenvalue weighted by molar-refractivity contribution is 0.288. The average molecular weight is 483 g/mol. The molecule has 3 aromatic heterocycles. The zero-order valence-corrected chi connectivity index (χ0v) is 19.2. The molecule has 0 saturated carbocycles. The number of nitrogens with one attached hydrogen (secondary N) is 2. The number of aromatic amines is 2. The summed E-state index contributed by atoms with van der Waals surface area (Å²) in [6.07, 6.45) is 2.70. The van der Waals surface area contributed by atoms with E-state index < -0.39 is 5.82 Å². The SMILES string of the molecule is C=C(O)c1c(-c2ccc[nH]c2=O)c2c3c(c(F)cc2n1Cc1cc(=O)[nH]c2ccccc12)CCCO3. The molecule has 1 aliphatic rings. The Morgan fingerprint density at radius 1 is 1.17 bits per heavy atom. The van der Waals surface area contributed by atoms with E-state index in [1.54, 1.807) is 22.8 Å². The Bertz CT molecular complexity index is 1810. The van der Waals surface area contributed by atoms with E-state index >= 15 is 4.39 Å². The maximum atomic E-state index is 15.4. The van der Waals surface area contributed by atoms with E-state index in [1.165, 1.54) is 18.3 Å². The fourth-order valence-corrected chi connectivity index (χ4v) is 5.22. The van der Waals surface area contributed by atoms with Gasteiger partial charge in [-0.3, -0.25) is 9.59 Å². The van der Waals surface area contributed by atoms with Crippen molar-refractivity contribution in [2.75, 3.05) is 6.61 Å². The maximum absolute atomic E-state index is 15.4. The van der Waals surface area contributed by atoms with Gasteiger partial charge in [0.2, 0.25) is 5.56 Å². The second kappa shape index (κ2) is 8.27. The summed E-state index contributed by atoms with van der Waals surface area (Å²) in [5, 5.41) is 12.2. The number of aliphatic hydroxyl groups is 1. The van der Waals surface area contributed by atoms with Crippen LogP contribution >= 0.6 is 0 Å². The van der Waals surface area contributed by atoms with Gasteiger partial charge in [-0.05, 0) is 42.7 Å². The molecule has 8 heteroatoms. The normalized spacial score (nSPS) is 13.0. The number of H-pyrrole nitrogens is 2. The second-order valence-electron chi connectivity index (χ2n) is 8.89. The third kappa shape index (κ3) is 3.33. The van der Waals surface area contributed by atoms with Crippen LogP contribution in [-0.4, -0.2) is 26.2 Å². The van der Waals surface area contributed by atoms with Crippen LogP contribution in [0.3, 0.4) is 0 Å². The highest BCUT2D eigenvalue weighted by molar-refractivity contribution is 6.06. The fraction of sp³-hybridized carbons (Fsp3) is 0.143. The van der Waals surface area contributed by atoms with Crippen LogP contribution in [0, 0.1) is 5.82 Å². The summed E-state index contributed by atoms with van der Waals surface area (Å²) in [5.41, 5.74) is 2.52. The van der Waals surface area contributed by atoms with E-state index in [4.69, 9.17) is 4.74 Å². The molecule has 0 spiro atoms. The van der Waals surface area contributed by atoms with Crippen molar-refractivity contribution >= 4 is 27.6 Å². The number of halogens is 1. The molecule has 0 amide bonds. The number of fused-ring (bicyclic) bond motifs is 4. The van der Waals surface area contributed by atoms with Gasteiger partial charge in [0.15, 0.2) is 0 Å². The van der Waals surface area contributed by atoms with Gasteiger partial charge < -0.3 is 24.4 Å². The fourth-order valence-electron chi connectivity index (χ4n) is 5.22. The third-order valence-corrected chi connectivity index (χ3v) is 6.70.